The maximum Gasteiger partial charge on any atom is 0.264 e. The molecule has 1 saturated heterocycles. The minimum Gasteiger partial charge on any atom is -0.485 e. The lowest BCUT2D eigenvalue weighted by atomic mass is 10.2. The second kappa shape index (κ2) is 7.52. The van der Waals surface area contributed by atoms with E-state index in [0.29, 0.717) is 18.0 Å². The largest absolute Gasteiger partial charge is 0.485 e. The van der Waals surface area contributed by atoms with Gasteiger partial charge in [-0.3, -0.25) is 4.79 Å². The number of hydrogen-bond acceptors (Lipinski definition) is 4. The Bertz CT molecular complexity index is 478. The molecule has 1 fully saturated rings. The number of rotatable bonds is 4. The van der Waals surface area contributed by atoms with Crippen molar-refractivity contribution >= 4 is 18.3 Å². The van der Waals surface area contributed by atoms with Gasteiger partial charge in [0.1, 0.15) is 6.61 Å². The summed E-state index contributed by atoms with van der Waals surface area (Å²) in [6.07, 6.45) is 1.98. The molecule has 0 aliphatic carbocycles. The molecule has 1 unspecified atom stereocenters. The molecule has 2 aliphatic heterocycles. The van der Waals surface area contributed by atoms with Gasteiger partial charge in [0.25, 0.3) is 5.91 Å². The molecule has 0 bridgehead atoms. The maximum atomic E-state index is 12.0. The molecule has 2 heterocycles. The molecule has 1 N–H and O–H groups in total. The Morgan fingerprint density at radius 1 is 1.24 bits per heavy atom. The molecule has 0 aromatic heterocycles. The average molecular weight is 313 g/mol. The smallest absolute Gasteiger partial charge is 0.264 e. The molecular weight excluding hydrogens is 292 g/mol. The van der Waals surface area contributed by atoms with E-state index < -0.39 is 6.10 Å². The van der Waals surface area contributed by atoms with E-state index in [-0.39, 0.29) is 24.9 Å². The third-order valence-corrected chi connectivity index (χ3v) is 3.73. The van der Waals surface area contributed by atoms with Crippen molar-refractivity contribution in [2.24, 2.45) is 0 Å². The molecule has 0 radical (unpaired) electrons. The Morgan fingerprint density at radius 2 is 1.95 bits per heavy atom. The molecule has 0 spiro atoms. The zero-order valence-electron chi connectivity index (χ0n) is 11.9. The first-order valence-electron chi connectivity index (χ1n) is 7.21. The van der Waals surface area contributed by atoms with Crippen LogP contribution in [0, 0.1) is 0 Å². The third-order valence-electron chi connectivity index (χ3n) is 3.73. The van der Waals surface area contributed by atoms with E-state index in [1.165, 1.54) is 12.8 Å². The number of hydrogen-bond donors (Lipinski definition) is 1. The zero-order valence-corrected chi connectivity index (χ0v) is 12.7. The van der Waals surface area contributed by atoms with Crippen LogP contribution in [0.1, 0.15) is 12.8 Å². The second-order valence-electron chi connectivity index (χ2n) is 5.20. The molecule has 1 aromatic rings. The van der Waals surface area contributed by atoms with Crippen LogP contribution in [-0.4, -0.2) is 49.7 Å². The highest BCUT2D eigenvalue weighted by atomic mass is 35.5. The van der Waals surface area contributed by atoms with Gasteiger partial charge in [0.2, 0.25) is 6.10 Å². The average Bonchev–Trinajstić information content (AvgIpc) is 3.00. The fraction of sp³-hybridized carbons (Fsp3) is 0.533. The number of likely N-dealkylation sites (tertiary alicyclic amines) is 1. The second-order valence-corrected chi connectivity index (χ2v) is 5.20. The summed E-state index contributed by atoms with van der Waals surface area (Å²) in [6.45, 7) is 4.14. The highest BCUT2D eigenvalue weighted by Crippen LogP contribution is 2.30. The van der Waals surface area contributed by atoms with Gasteiger partial charge in [-0.2, -0.15) is 0 Å². The summed E-state index contributed by atoms with van der Waals surface area (Å²) in [5.74, 6) is 1.24. The first-order chi connectivity index (χ1) is 9.83. The molecule has 1 amide bonds. The van der Waals surface area contributed by atoms with Crippen molar-refractivity contribution in [2.75, 3.05) is 32.8 Å². The van der Waals surface area contributed by atoms with Crippen molar-refractivity contribution in [3.05, 3.63) is 24.3 Å². The van der Waals surface area contributed by atoms with Gasteiger partial charge in [-0.25, -0.2) is 0 Å². The van der Waals surface area contributed by atoms with Crippen LogP contribution >= 0.6 is 12.4 Å². The quantitative estimate of drug-likeness (QED) is 0.914. The van der Waals surface area contributed by atoms with Crippen LogP contribution in [0.3, 0.4) is 0 Å². The number of nitrogens with zero attached hydrogens (tertiary/aromatic N) is 1. The Labute approximate surface area is 131 Å². The fourth-order valence-electron chi connectivity index (χ4n) is 2.61. The highest BCUT2D eigenvalue weighted by molar-refractivity contribution is 5.85. The van der Waals surface area contributed by atoms with Crippen molar-refractivity contribution in [3.8, 4) is 11.5 Å². The van der Waals surface area contributed by atoms with Crippen LogP contribution in [0.15, 0.2) is 24.3 Å². The number of carbonyl (C=O) groups excluding carboxylic acids is 1. The molecule has 3 rings (SSSR count). The van der Waals surface area contributed by atoms with Gasteiger partial charge in [0, 0.05) is 13.1 Å². The Kier molecular flexibility index (Phi) is 5.70. The lowest BCUT2D eigenvalue weighted by Crippen LogP contribution is -2.45. The van der Waals surface area contributed by atoms with E-state index in [9.17, 15) is 4.79 Å². The van der Waals surface area contributed by atoms with E-state index in [1.807, 2.05) is 24.3 Å². The summed E-state index contributed by atoms with van der Waals surface area (Å²) in [6, 6.07) is 7.42. The third kappa shape index (κ3) is 4.02. The van der Waals surface area contributed by atoms with E-state index in [4.69, 9.17) is 9.47 Å². The predicted octanol–water partition coefficient (Wildman–Crippen LogP) is 1.46. The molecule has 1 aromatic carbocycles. The van der Waals surface area contributed by atoms with Crippen molar-refractivity contribution in [1.29, 1.82) is 0 Å². The fourth-order valence-corrected chi connectivity index (χ4v) is 2.61. The van der Waals surface area contributed by atoms with Crippen molar-refractivity contribution in [3.63, 3.8) is 0 Å². The normalized spacial score (nSPS) is 20.7. The van der Waals surface area contributed by atoms with Gasteiger partial charge >= 0.3 is 0 Å². The van der Waals surface area contributed by atoms with Crippen LogP contribution in [-0.2, 0) is 4.79 Å². The molecular formula is C15H21ClN2O3. The number of para-hydroxylation sites is 2. The van der Waals surface area contributed by atoms with Gasteiger partial charge in [0.15, 0.2) is 11.5 Å². The van der Waals surface area contributed by atoms with Crippen LogP contribution in [0.2, 0.25) is 0 Å². The van der Waals surface area contributed by atoms with Crippen molar-refractivity contribution in [1.82, 2.24) is 10.2 Å². The number of fused-ring (bicyclic) bond motifs is 1. The summed E-state index contributed by atoms with van der Waals surface area (Å²) < 4.78 is 11.2. The zero-order chi connectivity index (χ0) is 13.8. The van der Waals surface area contributed by atoms with Crippen molar-refractivity contribution in [2.45, 2.75) is 18.9 Å². The van der Waals surface area contributed by atoms with E-state index in [1.54, 1.807) is 0 Å². The molecule has 21 heavy (non-hydrogen) atoms. The number of halogens is 1. The standard InChI is InChI=1S/C15H20N2O3.ClH/c18-15(16-7-10-17-8-3-4-9-17)14-11-19-12-5-1-2-6-13(12)20-14;/h1-2,5-6,14H,3-4,7-11H2,(H,16,18);1H. The van der Waals surface area contributed by atoms with Crippen LogP contribution in [0.5, 0.6) is 11.5 Å². The number of carbonyl (C=O) groups is 1. The summed E-state index contributed by atoms with van der Waals surface area (Å²) in [5, 5.41) is 2.92. The van der Waals surface area contributed by atoms with Gasteiger partial charge in [-0.1, -0.05) is 12.1 Å². The molecule has 2 aliphatic rings. The van der Waals surface area contributed by atoms with Gasteiger partial charge < -0.3 is 19.7 Å². The highest BCUT2D eigenvalue weighted by Gasteiger charge is 2.27. The topological polar surface area (TPSA) is 50.8 Å². The minimum atomic E-state index is -0.552. The molecule has 116 valence electrons. The predicted molar refractivity (Wildman–Crippen MR) is 82.3 cm³/mol. The number of amides is 1. The number of benzene rings is 1. The first-order valence-corrected chi connectivity index (χ1v) is 7.21. The van der Waals surface area contributed by atoms with Gasteiger partial charge in [-0.15, -0.1) is 12.4 Å². The molecule has 1 atom stereocenters. The Hall–Kier alpha value is -1.46. The monoisotopic (exact) mass is 312 g/mol. The Balaban J connectivity index is 0.00000161. The maximum absolute atomic E-state index is 12.0. The van der Waals surface area contributed by atoms with E-state index >= 15 is 0 Å². The van der Waals surface area contributed by atoms with E-state index in [2.05, 4.69) is 10.2 Å². The first kappa shape index (κ1) is 15.9. The lowest BCUT2D eigenvalue weighted by molar-refractivity contribution is -0.130. The SMILES string of the molecule is Cl.O=C(NCCN1CCCC1)C1COc2ccccc2O1. The number of ether oxygens (including phenoxy) is 2. The summed E-state index contributed by atoms with van der Waals surface area (Å²) in [4.78, 5) is 14.4. The van der Waals surface area contributed by atoms with Crippen LogP contribution in [0.25, 0.3) is 0 Å². The minimum absolute atomic E-state index is 0. The molecule has 6 heteroatoms. The van der Waals surface area contributed by atoms with Crippen LogP contribution < -0.4 is 14.8 Å². The van der Waals surface area contributed by atoms with Gasteiger partial charge in [-0.05, 0) is 38.1 Å². The molecule has 5 nitrogen and oxygen atoms in total. The number of nitrogens with one attached hydrogen (secondary N) is 1. The lowest BCUT2D eigenvalue weighted by Gasteiger charge is -2.25. The summed E-state index contributed by atoms with van der Waals surface area (Å²) in [7, 11) is 0. The summed E-state index contributed by atoms with van der Waals surface area (Å²) >= 11 is 0. The van der Waals surface area contributed by atoms with Crippen molar-refractivity contribution < 1.29 is 14.3 Å². The Morgan fingerprint density at radius 3 is 2.71 bits per heavy atom. The van der Waals surface area contributed by atoms with E-state index in [0.717, 1.165) is 19.6 Å². The summed E-state index contributed by atoms with van der Waals surface area (Å²) in [5.41, 5.74) is 0. The molecule has 0 saturated carbocycles. The van der Waals surface area contributed by atoms with Gasteiger partial charge in [0.05, 0.1) is 0 Å². The van der Waals surface area contributed by atoms with Crippen LogP contribution in [0.4, 0.5) is 0 Å².